The SMILES string of the molecule is O=C1c2ccc(Cl)c(Cl)c2CCN1c1cccnc1. The summed E-state index contributed by atoms with van der Waals surface area (Å²) in [5, 5.41) is 0.974. The van der Waals surface area contributed by atoms with Crippen LogP contribution in [0.4, 0.5) is 5.69 Å². The second-order valence-corrected chi connectivity index (χ2v) is 5.09. The molecule has 0 saturated carbocycles. The van der Waals surface area contributed by atoms with Crippen LogP contribution in [0.2, 0.25) is 10.0 Å². The van der Waals surface area contributed by atoms with E-state index in [4.69, 9.17) is 23.2 Å². The van der Waals surface area contributed by atoms with E-state index in [9.17, 15) is 4.79 Å². The van der Waals surface area contributed by atoms with Crippen molar-refractivity contribution in [2.75, 3.05) is 11.4 Å². The molecule has 3 nitrogen and oxygen atoms in total. The van der Waals surface area contributed by atoms with Crippen LogP contribution >= 0.6 is 23.2 Å². The molecule has 1 amide bonds. The molecule has 2 heterocycles. The zero-order valence-electron chi connectivity index (χ0n) is 9.94. The largest absolute Gasteiger partial charge is 0.306 e. The quantitative estimate of drug-likeness (QED) is 0.805. The summed E-state index contributed by atoms with van der Waals surface area (Å²) in [6.07, 6.45) is 4.05. The second-order valence-electron chi connectivity index (χ2n) is 4.31. The maximum absolute atomic E-state index is 12.5. The summed E-state index contributed by atoms with van der Waals surface area (Å²) >= 11 is 12.1. The summed E-state index contributed by atoms with van der Waals surface area (Å²) in [7, 11) is 0. The van der Waals surface area contributed by atoms with Gasteiger partial charge in [0.25, 0.3) is 5.91 Å². The third kappa shape index (κ3) is 2.09. The number of amides is 1. The zero-order chi connectivity index (χ0) is 13.4. The maximum atomic E-state index is 12.5. The number of carbonyl (C=O) groups is 1. The summed E-state index contributed by atoms with van der Waals surface area (Å²) in [4.78, 5) is 18.2. The van der Waals surface area contributed by atoms with Gasteiger partial charge in [0, 0.05) is 18.3 Å². The first-order valence-electron chi connectivity index (χ1n) is 5.87. The third-order valence-electron chi connectivity index (χ3n) is 3.21. The van der Waals surface area contributed by atoms with Crippen molar-refractivity contribution < 1.29 is 4.79 Å². The number of pyridine rings is 1. The van der Waals surface area contributed by atoms with Crippen LogP contribution in [0, 0.1) is 0 Å². The van der Waals surface area contributed by atoms with Gasteiger partial charge < -0.3 is 4.90 Å². The van der Waals surface area contributed by atoms with Crippen molar-refractivity contribution >= 4 is 34.8 Å². The number of fused-ring (bicyclic) bond motifs is 1. The average molecular weight is 293 g/mol. The molecule has 0 saturated heterocycles. The molecule has 3 rings (SSSR count). The first-order valence-corrected chi connectivity index (χ1v) is 6.63. The lowest BCUT2D eigenvalue weighted by molar-refractivity contribution is 0.0980. The molecule has 0 fully saturated rings. The van der Waals surface area contributed by atoms with E-state index in [0.29, 0.717) is 28.6 Å². The van der Waals surface area contributed by atoms with Crippen molar-refractivity contribution in [2.24, 2.45) is 0 Å². The van der Waals surface area contributed by atoms with Gasteiger partial charge in [-0.15, -0.1) is 0 Å². The van der Waals surface area contributed by atoms with E-state index >= 15 is 0 Å². The van der Waals surface area contributed by atoms with Gasteiger partial charge in [0.05, 0.1) is 21.9 Å². The smallest absolute Gasteiger partial charge is 0.258 e. The van der Waals surface area contributed by atoms with Gasteiger partial charge in [-0.05, 0) is 36.2 Å². The number of aromatic nitrogens is 1. The molecule has 1 aromatic carbocycles. The summed E-state index contributed by atoms with van der Waals surface area (Å²) < 4.78 is 0. The number of hydrogen-bond donors (Lipinski definition) is 0. The van der Waals surface area contributed by atoms with Crippen molar-refractivity contribution in [3.8, 4) is 0 Å². The highest BCUT2D eigenvalue weighted by atomic mass is 35.5. The Hall–Kier alpha value is -1.58. The summed E-state index contributed by atoms with van der Waals surface area (Å²) in [5.74, 6) is -0.0622. The van der Waals surface area contributed by atoms with Gasteiger partial charge in [-0.2, -0.15) is 0 Å². The molecular formula is C14H10Cl2N2O. The van der Waals surface area contributed by atoms with Crippen molar-refractivity contribution in [3.63, 3.8) is 0 Å². The number of hydrogen-bond acceptors (Lipinski definition) is 2. The Kier molecular flexibility index (Phi) is 3.17. The van der Waals surface area contributed by atoms with Gasteiger partial charge in [0.15, 0.2) is 0 Å². The zero-order valence-corrected chi connectivity index (χ0v) is 11.4. The molecule has 96 valence electrons. The highest BCUT2D eigenvalue weighted by Crippen LogP contribution is 2.33. The predicted octanol–water partition coefficient (Wildman–Crippen LogP) is 3.59. The molecular weight excluding hydrogens is 283 g/mol. The van der Waals surface area contributed by atoms with Crippen molar-refractivity contribution in [2.45, 2.75) is 6.42 Å². The van der Waals surface area contributed by atoms with Gasteiger partial charge in [-0.25, -0.2) is 0 Å². The normalized spacial score (nSPS) is 14.4. The minimum absolute atomic E-state index is 0.0622. The Morgan fingerprint density at radius 1 is 1.21 bits per heavy atom. The monoisotopic (exact) mass is 292 g/mol. The first-order chi connectivity index (χ1) is 9.18. The van der Waals surface area contributed by atoms with Crippen LogP contribution in [0.5, 0.6) is 0 Å². The van der Waals surface area contributed by atoms with Crippen LogP contribution in [0.15, 0.2) is 36.7 Å². The molecule has 1 aliphatic rings. The van der Waals surface area contributed by atoms with Gasteiger partial charge in [-0.1, -0.05) is 23.2 Å². The van der Waals surface area contributed by atoms with Crippen molar-refractivity contribution in [3.05, 3.63) is 57.8 Å². The summed E-state index contributed by atoms with van der Waals surface area (Å²) in [6, 6.07) is 7.07. The molecule has 1 aliphatic heterocycles. The molecule has 0 unspecified atom stereocenters. The highest BCUT2D eigenvalue weighted by Gasteiger charge is 2.27. The van der Waals surface area contributed by atoms with E-state index in [1.165, 1.54) is 0 Å². The Morgan fingerprint density at radius 2 is 2.05 bits per heavy atom. The number of carbonyl (C=O) groups excluding carboxylic acids is 1. The predicted molar refractivity (Wildman–Crippen MR) is 76.1 cm³/mol. The van der Waals surface area contributed by atoms with E-state index in [1.54, 1.807) is 29.4 Å². The van der Waals surface area contributed by atoms with Crippen LogP contribution in [0.3, 0.4) is 0 Å². The van der Waals surface area contributed by atoms with E-state index in [1.807, 2.05) is 12.1 Å². The topological polar surface area (TPSA) is 33.2 Å². The first kappa shape index (κ1) is 12.5. The van der Waals surface area contributed by atoms with Crippen molar-refractivity contribution in [1.82, 2.24) is 4.98 Å². The van der Waals surface area contributed by atoms with Gasteiger partial charge in [0.1, 0.15) is 0 Å². The fraction of sp³-hybridized carbons (Fsp3) is 0.143. The van der Waals surface area contributed by atoms with E-state index < -0.39 is 0 Å². The number of anilines is 1. The van der Waals surface area contributed by atoms with Crippen LogP contribution < -0.4 is 4.90 Å². The number of rotatable bonds is 1. The van der Waals surface area contributed by atoms with Crippen LogP contribution in [0.25, 0.3) is 0 Å². The molecule has 1 aromatic heterocycles. The third-order valence-corrected chi connectivity index (χ3v) is 4.06. The number of halogens is 2. The maximum Gasteiger partial charge on any atom is 0.258 e. The lowest BCUT2D eigenvalue weighted by Gasteiger charge is -2.29. The molecule has 0 radical (unpaired) electrons. The Bertz CT molecular complexity index is 643. The fourth-order valence-corrected chi connectivity index (χ4v) is 2.70. The Balaban J connectivity index is 2.04. The molecule has 0 spiro atoms. The molecule has 5 heteroatoms. The average Bonchev–Trinajstić information content (AvgIpc) is 2.44. The van der Waals surface area contributed by atoms with Gasteiger partial charge >= 0.3 is 0 Å². The summed E-state index contributed by atoms with van der Waals surface area (Å²) in [5.41, 5.74) is 2.24. The second kappa shape index (κ2) is 4.83. The van der Waals surface area contributed by atoms with Crippen molar-refractivity contribution in [1.29, 1.82) is 0 Å². The molecule has 0 aliphatic carbocycles. The van der Waals surface area contributed by atoms with Gasteiger partial charge in [-0.3, -0.25) is 9.78 Å². The lowest BCUT2D eigenvalue weighted by atomic mass is 9.98. The number of nitrogens with zero attached hydrogens (tertiary/aromatic N) is 2. The Morgan fingerprint density at radius 3 is 2.79 bits per heavy atom. The standard InChI is InChI=1S/C14H10Cl2N2O/c15-12-4-3-11-10(13(12)16)5-7-18(14(11)19)9-2-1-6-17-8-9/h1-4,6,8H,5,7H2. The highest BCUT2D eigenvalue weighted by molar-refractivity contribution is 6.43. The van der Waals surface area contributed by atoms with E-state index in [-0.39, 0.29) is 5.91 Å². The summed E-state index contributed by atoms with van der Waals surface area (Å²) in [6.45, 7) is 0.581. The van der Waals surface area contributed by atoms with E-state index in [2.05, 4.69) is 4.98 Å². The molecule has 2 aromatic rings. The fourth-order valence-electron chi connectivity index (χ4n) is 2.27. The van der Waals surface area contributed by atoms with Crippen LogP contribution in [-0.4, -0.2) is 17.4 Å². The molecule has 19 heavy (non-hydrogen) atoms. The van der Waals surface area contributed by atoms with Crippen LogP contribution in [-0.2, 0) is 6.42 Å². The van der Waals surface area contributed by atoms with Gasteiger partial charge in [0.2, 0.25) is 0 Å². The molecule has 0 bridgehead atoms. The molecule has 0 N–H and O–H groups in total. The van der Waals surface area contributed by atoms with Crippen LogP contribution in [0.1, 0.15) is 15.9 Å². The molecule has 0 atom stereocenters. The minimum atomic E-state index is -0.0622. The Labute approximate surface area is 120 Å². The lowest BCUT2D eigenvalue weighted by Crippen LogP contribution is -2.37. The van der Waals surface area contributed by atoms with E-state index in [0.717, 1.165) is 11.3 Å². The minimum Gasteiger partial charge on any atom is -0.306 e. The number of benzene rings is 1.